The molecule has 2 atom stereocenters. The summed E-state index contributed by atoms with van der Waals surface area (Å²) in [6.45, 7) is 1.78. The van der Waals surface area contributed by atoms with E-state index in [9.17, 15) is 14.7 Å². The Bertz CT molecular complexity index is 889. The molecule has 2 aromatic rings. The summed E-state index contributed by atoms with van der Waals surface area (Å²) in [5, 5.41) is 19.0. The number of carbonyl (C=O) groups is 2. The fraction of sp³-hybridized carbons (Fsp3) is 0.250. The van der Waals surface area contributed by atoms with Crippen LogP contribution in [0.25, 0.3) is 0 Å². The van der Waals surface area contributed by atoms with Crippen LogP contribution in [0, 0.1) is 11.3 Å². The number of hydrogen-bond donors (Lipinski definition) is 1. The SMILES string of the molecule is CC(=O)N1c2cc(C#N)ccc2C(C(=O)O)C1CN(C)c1ccccc1. The van der Waals surface area contributed by atoms with E-state index in [2.05, 4.69) is 0 Å². The smallest absolute Gasteiger partial charge is 0.313 e. The molecule has 26 heavy (non-hydrogen) atoms. The van der Waals surface area contributed by atoms with Crippen molar-refractivity contribution in [2.75, 3.05) is 23.4 Å². The second-order valence-corrected chi connectivity index (χ2v) is 6.37. The molecular weight excluding hydrogens is 330 g/mol. The maximum absolute atomic E-state index is 12.3. The van der Waals surface area contributed by atoms with Gasteiger partial charge in [0, 0.05) is 31.9 Å². The molecule has 0 fully saturated rings. The van der Waals surface area contributed by atoms with Gasteiger partial charge >= 0.3 is 5.97 Å². The van der Waals surface area contributed by atoms with Crippen LogP contribution >= 0.6 is 0 Å². The standard InChI is InChI=1S/C20H19N3O3/c1-13(24)23-17-10-14(11-21)8-9-16(17)19(20(25)26)18(23)12-22(2)15-6-4-3-5-7-15/h3-10,18-19H,12H2,1-2H3,(H,25,26). The van der Waals surface area contributed by atoms with Gasteiger partial charge in [-0.1, -0.05) is 24.3 Å². The zero-order valence-corrected chi connectivity index (χ0v) is 14.6. The van der Waals surface area contributed by atoms with Crippen molar-refractivity contribution in [1.29, 1.82) is 5.26 Å². The van der Waals surface area contributed by atoms with Crippen molar-refractivity contribution in [2.45, 2.75) is 18.9 Å². The van der Waals surface area contributed by atoms with Crippen molar-refractivity contribution in [3.8, 4) is 6.07 Å². The summed E-state index contributed by atoms with van der Waals surface area (Å²) in [4.78, 5) is 27.8. The fourth-order valence-electron chi connectivity index (χ4n) is 3.58. The van der Waals surface area contributed by atoms with Gasteiger partial charge in [0.2, 0.25) is 5.91 Å². The Morgan fingerprint density at radius 2 is 1.92 bits per heavy atom. The minimum absolute atomic E-state index is 0.239. The van der Waals surface area contributed by atoms with Crippen LogP contribution in [0.15, 0.2) is 48.5 Å². The van der Waals surface area contributed by atoms with E-state index in [0.717, 1.165) is 5.69 Å². The number of carbonyl (C=O) groups excluding carboxylic acids is 1. The second-order valence-electron chi connectivity index (χ2n) is 6.37. The Hall–Kier alpha value is -3.33. The summed E-state index contributed by atoms with van der Waals surface area (Å²) < 4.78 is 0. The summed E-state index contributed by atoms with van der Waals surface area (Å²) in [6.07, 6.45) is 0. The maximum Gasteiger partial charge on any atom is 0.313 e. The molecule has 1 amide bonds. The molecule has 132 valence electrons. The Labute approximate surface area is 151 Å². The van der Waals surface area contributed by atoms with Crippen LogP contribution in [0.3, 0.4) is 0 Å². The van der Waals surface area contributed by atoms with Crippen molar-refractivity contribution >= 4 is 23.3 Å². The Morgan fingerprint density at radius 1 is 1.23 bits per heavy atom. The minimum Gasteiger partial charge on any atom is -0.481 e. The summed E-state index contributed by atoms with van der Waals surface area (Å²) in [5.41, 5.74) is 2.42. The van der Waals surface area contributed by atoms with Gasteiger partial charge in [0.15, 0.2) is 0 Å². The molecule has 1 aliphatic heterocycles. The first-order valence-corrected chi connectivity index (χ1v) is 8.27. The van der Waals surface area contributed by atoms with E-state index < -0.39 is 17.9 Å². The van der Waals surface area contributed by atoms with Crippen molar-refractivity contribution in [3.63, 3.8) is 0 Å². The molecule has 0 radical (unpaired) electrons. The van der Waals surface area contributed by atoms with Gasteiger partial charge in [-0.25, -0.2) is 0 Å². The number of fused-ring (bicyclic) bond motifs is 1. The van der Waals surface area contributed by atoms with Gasteiger partial charge in [-0.05, 0) is 29.8 Å². The molecule has 1 heterocycles. The number of aliphatic carboxylic acids is 1. The molecule has 3 rings (SSSR count). The summed E-state index contributed by atoms with van der Waals surface area (Å²) >= 11 is 0. The molecule has 0 bridgehead atoms. The van der Waals surface area contributed by atoms with Crippen LogP contribution in [-0.4, -0.2) is 36.6 Å². The summed E-state index contributed by atoms with van der Waals surface area (Å²) in [6, 6.07) is 15.9. The number of benzene rings is 2. The highest BCUT2D eigenvalue weighted by molar-refractivity contribution is 5.99. The van der Waals surface area contributed by atoms with Gasteiger partial charge in [0.1, 0.15) is 5.92 Å². The Kier molecular flexibility index (Phi) is 4.63. The van der Waals surface area contributed by atoms with Gasteiger partial charge in [-0.3, -0.25) is 9.59 Å². The fourth-order valence-corrected chi connectivity index (χ4v) is 3.58. The van der Waals surface area contributed by atoms with Crippen LogP contribution < -0.4 is 9.80 Å². The molecule has 0 spiro atoms. The quantitative estimate of drug-likeness (QED) is 0.917. The van der Waals surface area contributed by atoms with E-state index in [1.807, 2.05) is 48.3 Å². The van der Waals surface area contributed by atoms with Crippen LogP contribution in [0.1, 0.15) is 24.0 Å². The lowest BCUT2D eigenvalue weighted by molar-refractivity contribution is -0.139. The highest BCUT2D eigenvalue weighted by atomic mass is 16.4. The van der Waals surface area contributed by atoms with Crippen molar-refractivity contribution < 1.29 is 14.7 Å². The highest BCUT2D eigenvalue weighted by Crippen LogP contribution is 2.42. The molecule has 0 aromatic heterocycles. The predicted octanol–water partition coefficient (Wildman–Crippen LogP) is 2.60. The van der Waals surface area contributed by atoms with Gasteiger partial charge in [-0.15, -0.1) is 0 Å². The molecule has 2 aromatic carbocycles. The number of likely N-dealkylation sites (N-methyl/N-ethyl adjacent to an activating group) is 1. The number of carboxylic acid groups (broad SMARTS) is 1. The first-order chi connectivity index (χ1) is 12.4. The first-order valence-electron chi connectivity index (χ1n) is 8.27. The monoisotopic (exact) mass is 349 g/mol. The third-order valence-electron chi connectivity index (χ3n) is 4.73. The Balaban J connectivity index is 2.03. The number of carboxylic acids is 1. The number of nitrogens with zero attached hydrogens (tertiary/aromatic N) is 3. The normalized spacial score (nSPS) is 18.1. The molecule has 1 aliphatic rings. The lowest BCUT2D eigenvalue weighted by Gasteiger charge is -2.31. The van der Waals surface area contributed by atoms with E-state index >= 15 is 0 Å². The molecule has 6 nitrogen and oxygen atoms in total. The molecule has 6 heteroatoms. The van der Waals surface area contributed by atoms with E-state index in [4.69, 9.17) is 5.26 Å². The third-order valence-corrected chi connectivity index (χ3v) is 4.73. The van der Waals surface area contributed by atoms with E-state index in [1.54, 1.807) is 18.2 Å². The van der Waals surface area contributed by atoms with Crippen molar-refractivity contribution in [3.05, 3.63) is 59.7 Å². The van der Waals surface area contributed by atoms with Crippen molar-refractivity contribution in [2.24, 2.45) is 0 Å². The van der Waals surface area contributed by atoms with Crippen LogP contribution in [-0.2, 0) is 9.59 Å². The number of anilines is 2. The third kappa shape index (κ3) is 3.00. The van der Waals surface area contributed by atoms with Gasteiger partial charge in [-0.2, -0.15) is 5.26 Å². The van der Waals surface area contributed by atoms with Crippen LogP contribution in [0.2, 0.25) is 0 Å². The lowest BCUT2D eigenvalue weighted by Crippen LogP contribution is -2.46. The van der Waals surface area contributed by atoms with Crippen LogP contribution in [0.5, 0.6) is 0 Å². The number of amides is 1. The van der Waals surface area contributed by atoms with Crippen LogP contribution in [0.4, 0.5) is 11.4 Å². The first kappa shape index (κ1) is 17.5. The predicted molar refractivity (Wildman–Crippen MR) is 98.2 cm³/mol. The van der Waals surface area contributed by atoms with E-state index in [-0.39, 0.29) is 5.91 Å². The maximum atomic E-state index is 12.3. The average Bonchev–Trinajstić information content (AvgIpc) is 2.95. The zero-order chi connectivity index (χ0) is 18.8. The van der Waals surface area contributed by atoms with E-state index in [0.29, 0.717) is 23.4 Å². The number of nitriles is 1. The largest absolute Gasteiger partial charge is 0.481 e. The number of rotatable bonds is 4. The van der Waals surface area contributed by atoms with Gasteiger partial charge < -0.3 is 14.9 Å². The van der Waals surface area contributed by atoms with Gasteiger partial charge in [0.25, 0.3) is 0 Å². The Morgan fingerprint density at radius 3 is 2.50 bits per heavy atom. The average molecular weight is 349 g/mol. The molecule has 0 saturated heterocycles. The van der Waals surface area contributed by atoms with Crippen molar-refractivity contribution in [1.82, 2.24) is 0 Å². The zero-order valence-electron chi connectivity index (χ0n) is 14.6. The second kappa shape index (κ2) is 6.89. The van der Waals surface area contributed by atoms with E-state index in [1.165, 1.54) is 11.8 Å². The molecule has 0 aliphatic carbocycles. The molecule has 1 N–H and O–H groups in total. The lowest BCUT2D eigenvalue weighted by atomic mass is 9.94. The summed E-state index contributed by atoms with van der Waals surface area (Å²) in [5.74, 6) is -2.06. The topological polar surface area (TPSA) is 84.6 Å². The highest BCUT2D eigenvalue weighted by Gasteiger charge is 2.45. The minimum atomic E-state index is -0.980. The number of para-hydroxylation sites is 1. The van der Waals surface area contributed by atoms with Gasteiger partial charge in [0.05, 0.1) is 17.7 Å². The number of hydrogen-bond acceptors (Lipinski definition) is 4. The summed E-state index contributed by atoms with van der Waals surface area (Å²) in [7, 11) is 1.87. The molecule has 2 unspecified atom stereocenters. The molecular formula is C20H19N3O3. The molecule has 0 saturated carbocycles.